The van der Waals surface area contributed by atoms with Gasteiger partial charge in [0, 0.05) is 31.0 Å². The number of rotatable bonds is 4. The standard InChI is InChI=1S/C15H17N3O3/c1-10-16-14(21-17-10)6-7-15(20)18-8-11(9-19)12-4-2-3-5-13(12)18/h2-5,11,19H,6-9H2,1H3. The Bertz CT molecular complexity index is 653. The van der Waals surface area contributed by atoms with E-state index in [2.05, 4.69) is 10.1 Å². The maximum absolute atomic E-state index is 12.4. The quantitative estimate of drug-likeness (QED) is 0.920. The molecule has 6 nitrogen and oxygen atoms in total. The molecule has 0 bridgehead atoms. The molecule has 3 rings (SSSR count). The van der Waals surface area contributed by atoms with Crippen molar-refractivity contribution < 1.29 is 14.4 Å². The van der Waals surface area contributed by atoms with Gasteiger partial charge in [0.2, 0.25) is 11.8 Å². The summed E-state index contributed by atoms with van der Waals surface area (Å²) in [7, 11) is 0. The summed E-state index contributed by atoms with van der Waals surface area (Å²) in [5, 5.41) is 13.2. The third-order valence-electron chi connectivity index (χ3n) is 3.71. The van der Waals surface area contributed by atoms with E-state index in [0.717, 1.165) is 11.3 Å². The van der Waals surface area contributed by atoms with Crippen LogP contribution in [0.15, 0.2) is 28.8 Å². The van der Waals surface area contributed by atoms with Crippen LogP contribution < -0.4 is 4.90 Å². The number of hydrogen-bond acceptors (Lipinski definition) is 5. The maximum atomic E-state index is 12.4. The summed E-state index contributed by atoms with van der Waals surface area (Å²) < 4.78 is 5.02. The molecule has 6 heteroatoms. The first-order valence-electron chi connectivity index (χ1n) is 6.98. The highest BCUT2D eigenvalue weighted by molar-refractivity contribution is 5.95. The van der Waals surface area contributed by atoms with Crippen LogP contribution in [-0.4, -0.2) is 34.3 Å². The number of carbonyl (C=O) groups excluding carboxylic acids is 1. The molecule has 1 atom stereocenters. The molecule has 1 N–H and O–H groups in total. The van der Waals surface area contributed by atoms with Crippen LogP contribution in [0.25, 0.3) is 0 Å². The van der Waals surface area contributed by atoms with Crippen LogP contribution >= 0.6 is 0 Å². The van der Waals surface area contributed by atoms with E-state index in [1.807, 2.05) is 24.3 Å². The Morgan fingerprint density at radius 3 is 3.00 bits per heavy atom. The van der Waals surface area contributed by atoms with Gasteiger partial charge in [0.25, 0.3) is 0 Å². The minimum absolute atomic E-state index is 0.00389. The molecule has 1 amide bonds. The molecule has 0 radical (unpaired) electrons. The van der Waals surface area contributed by atoms with Crippen LogP contribution in [0.2, 0.25) is 0 Å². The van der Waals surface area contributed by atoms with Crippen molar-refractivity contribution in [2.75, 3.05) is 18.1 Å². The third kappa shape index (κ3) is 2.67. The monoisotopic (exact) mass is 287 g/mol. The molecular formula is C15H17N3O3. The molecule has 0 spiro atoms. The van der Waals surface area contributed by atoms with Gasteiger partial charge >= 0.3 is 0 Å². The number of benzene rings is 1. The highest BCUT2D eigenvalue weighted by Gasteiger charge is 2.31. The Hall–Kier alpha value is -2.21. The molecule has 1 aromatic heterocycles. The van der Waals surface area contributed by atoms with Crippen molar-refractivity contribution in [2.24, 2.45) is 0 Å². The molecule has 2 aromatic rings. The summed E-state index contributed by atoms with van der Waals surface area (Å²) in [4.78, 5) is 18.2. The molecule has 110 valence electrons. The lowest BCUT2D eigenvalue weighted by molar-refractivity contribution is -0.118. The van der Waals surface area contributed by atoms with Crippen molar-refractivity contribution in [3.05, 3.63) is 41.5 Å². The summed E-state index contributed by atoms with van der Waals surface area (Å²) in [6.07, 6.45) is 0.746. The number of aromatic nitrogens is 2. The molecular weight excluding hydrogens is 270 g/mol. The van der Waals surface area contributed by atoms with Gasteiger partial charge in [0.05, 0.1) is 6.61 Å². The van der Waals surface area contributed by atoms with Crippen LogP contribution in [0.1, 0.15) is 29.6 Å². The predicted octanol–water partition coefficient (Wildman–Crippen LogP) is 1.43. The first-order valence-corrected chi connectivity index (χ1v) is 6.98. The third-order valence-corrected chi connectivity index (χ3v) is 3.71. The minimum Gasteiger partial charge on any atom is -0.396 e. The topological polar surface area (TPSA) is 79.5 Å². The molecule has 21 heavy (non-hydrogen) atoms. The number of aliphatic hydroxyl groups excluding tert-OH is 1. The Kier molecular flexibility index (Phi) is 3.70. The molecule has 1 aliphatic heterocycles. The van der Waals surface area contributed by atoms with E-state index in [9.17, 15) is 9.90 Å². The fraction of sp³-hybridized carbons (Fsp3) is 0.400. The molecule has 1 aromatic carbocycles. The van der Waals surface area contributed by atoms with E-state index in [-0.39, 0.29) is 18.4 Å². The Morgan fingerprint density at radius 2 is 2.29 bits per heavy atom. The summed E-state index contributed by atoms with van der Waals surface area (Å²) in [5.74, 6) is 1.06. The lowest BCUT2D eigenvalue weighted by Gasteiger charge is -2.17. The van der Waals surface area contributed by atoms with Crippen LogP contribution in [0.5, 0.6) is 0 Å². The van der Waals surface area contributed by atoms with Gasteiger partial charge in [-0.2, -0.15) is 4.98 Å². The van der Waals surface area contributed by atoms with E-state index in [0.29, 0.717) is 31.1 Å². The summed E-state index contributed by atoms with van der Waals surface area (Å²) in [6, 6.07) is 7.71. The van der Waals surface area contributed by atoms with E-state index >= 15 is 0 Å². The number of anilines is 1. The van der Waals surface area contributed by atoms with Gasteiger partial charge in [0.1, 0.15) is 0 Å². The van der Waals surface area contributed by atoms with Crippen LogP contribution in [-0.2, 0) is 11.2 Å². The van der Waals surface area contributed by atoms with Gasteiger partial charge in [-0.1, -0.05) is 23.4 Å². The average Bonchev–Trinajstić information content (AvgIpc) is 3.08. The second kappa shape index (κ2) is 5.65. The molecule has 0 saturated heterocycles. The normalized spacial score (nSPS) is 17.0. The zero-order valence-electron chi connectivity index (χ0n) is 11.8. The van der Waals surface area contributed by atoms with Crippen molar-refractivity contribution >= 4 is 11.6 Å². The number of fused-ring (bicyclic) bond motifs is 1. The summed E-state index contributed by atoms with van der Waals surface area (Å²) >= 11 is 0. The zero-order chi connectivity index (χ0) is 14.8. The van der Waals surface area contributed by atoms with Gasteiger partial charge in [-0.15, -0.1) is 0 Å². The molecule has 0 aliphatic carbocycles. The van der Waals surface area contributed by atoms with Crippen LogP contribution in [0.4, 0.5) is 5.69 Å². The number of carbonyl (C=O) groups is 1. The summed E-state index contributed by atoms with van der Waals surface area (Å²) in [5.41, 5.74) is 1.92. The molecule has 0 fully saturated rings. The zero-order valence-corrected chi connectivity index (χ0v) is 11.8. The lowest BCUT2D eigenvalue weighted by atomic mass is 10.0. The molecule has 0 saturated carbocycles. The van der Waals surface area contributed by atoms with E-state index in [1.54, 1.807) is 11.8 Å². The average molecular weight is 287 g/mol. The summed E-state index contributed by atoms with van der Waals surface area (Å²) in [6.45, 7) is 2.32. The first-order chi connectivity index (χ1) is 10.2. The van der Waals surface area contributed by atoms with Gasteiger partial charge < -0.3 is 14.5 Å². The predicted molar refractivity (Wildman–Crippen MR) is 76.0 cm³/mol. The van der Waals surface area contributed by atoms with Crippen LogP contribution in [0.3, 0.4) is 0 Å². The maximum Gasteiger partial charge on any atom is 0.227 e. The van der Waals surface area contributed by atoms with E-state index in [4.69, 9.17) is 4.52 Å². The first kappa shape index (κ1) is 13.8. The number of hydrogen-bond donors (Lipinski definition) is 1. The highest BCUT2D eigenvalue weighted by atomic mass is 16.5. The Balaban J connectivity index is 1.71. The van der Waals surface area contributed by atoms with Gasteiger partial charge in [-0.3, -0.25) is 4.79 Å². The fourth-order valence-corrected chi connectivity index (χ4v) is 2.68. The van der Waals surface area contributed by atoms with E-state index < -0.39 is 0 Å². The number of nitrogens with zero attached hydrogens (tertiary/aromatic N) is 3. The van der Waals surface area contributed by atoms with Crippen molar-refractivity contribution in [2.45, 2.75) is 25.7 Å². The van der Waals surface area contributed by atoms with Crippen molar-refractivity contribution in [1.82, 2.24) is 10.1 Å². The van der Waals surface area contributed by atoms with Crippen LogP contribution in [0, 0.1) is 6.92 Å². The smallest absolute Gasteiger partial charge is 0.227 e. The van der Waals surface area contributed by atoms with Crippen molar-refractivity contribution in [1.29, 1.82) is 0 Å². The number of amides is 1. The fourth-order valence-electron chi connectivity index (χ4n) is 2.68. The Morgan fingerprint density at radius 1 is 1.48 bits per heavy atom. The Labute approximate surface area is 122 Å². The number of aliphatic hydroxyl groups is 1. The second-order valence-electron chi connectivity index (χ2n) is 5.18. The van der Waals surface area contributed by atoms with Crippen molar-refractivity contribution in [3.8, 4) is 0 Å². The van der Waals surface area contributed by atoms with Gasteiger partial charge in [-0.05, 0) is 18.6 Å². The highest BCUT2D eigenvalue weighted by Crippen LogP contribution is 2.36. The number of para-hydroxylation sites is 1. The SMILES string of the molecule is Cc1noc(CCC(=O)N2CC(CO)c3ccccc32)n1. The lowest BCUT2D eigenvalue weighted by Crippen LogP contribution is -2.30. The van der Waals surface area contributed by atoms with Gasteiger partial charge in [-0.25, -0.2) is 0 Å². The number of aryl methyl sites for hydroxylation is 2. The molecule has 1 unspecified atom stereocenters. The largest absolute Gasteiger partial charge is 0.396 e. The molecule has 2 heterocycles. The van der Waals surface area contributed by atoms with Gasteiger partial charge in [0.15, 0.2) is 5.82 Å². The van der Waals surface area contributed by atoms with Crippen molar-refractivity contribution in [3.63, 3.8) is 0 Å². The minimum atomic E-state index is -0.00389. The second-order valence-corrected chi connectivity index (χ2v) is 5.18. The molecule has 1 aliphatic rings. The van der Waals surface area contributed by atoms with E-state index in [1.165, 1.54) is 0 Å².